The smallest absolute Gasteiger partial charge is 0.409 e. The van der Waals surface area contributed by atoms with Gasteiger partial charge in [-0.05, 0) is 25.1 Å². The third-order valence-corrected chi connectivity index (χ3v) is 4.61. The van der Waals surface area contributed by atoms with Gasteiger partial charge in [0.25, 0.3) is 0 Å². The van der Waals surface area contributed by atoms with Crippen LogP contribution in [0.25, 0.3) is 0 Å². The Labute approximate surface area is 198 Å². The van der Waals surface area contributed by atoms with Gasteiger partial charge in [-0.3, -0.25) is 4.99 Å². The highest BCUT2D eigenvalue weighted by molar-refractivity contribution is 14.0. The fourth-order valence-corrected chi connectivity index (χ4v) is 3.11. The summed E-state index contributed by atoms with van der Waals surface area (Å²) in [5.41, 5.74) is 0.813. The lowest BCUT2D eigenvalue weighted by Crippen LogP contribution is -2.53. The number of hydrogen-bond donors (Lipinski definition) is 1. The number of ether oxygens (including phenoxy) is 2. The van der Waals surface area contributed by atoms with Gasteiger partial charge in [0.05, 0.1) is 6.61 Å². The van der Waals surface area contributed by atoms with E-state index in [1.807, 2.05) is 12.1 Å². The van der Waals surface area contributed by atoms with Crippen LogP contribution in [-0.4, -0.2) is 66.7 Å². The number of carbonyl (C=O) groups is 1. The van der Waals surface area contributed by atoms with Crippen molar-refractivity contribution in [1.82, 2.24) is 20.1 Å². The minimum Gasteiger partial charge on any atom is -0.450 e. The number of halogens is 2. The third kappa shape index (κ3) is 6.94. The molecule has 1 fully saturated rings. The molecule has 2 heterocycles. The van der Waals surface area contributed by atoms with E-state index in [0.29, 0.717) is 51.0 Å². The van der Waals surface area contributed by atoms with Gasteiger partial charge in [-0.15, -0.1) is 24.0 Å². The first-order chi connectivity index (χ1) is 14.6. The molecule has 1 aliphatic heterocycles. The largest absolute Gasteiger partial charge is 0.450 e. The van der Waals surface area contributed by atoms with Crippen LogP contribution in [0.2, 0.25) is 0 Å². The van der Waals surface area contributed by atoms with Crippen LogP contribution in [0.3, 0.4) is 0 Å². The van der Waals surface area contributed by atoms with E-state index in [1.54, 1.807) is 37.2 Å². The van der Waals surface area contributed by atoms with E-state index in [1.165, 1.54) is 12.1 Å². The zero-order chi connectivity index (χ0) is 21.3. The molecular weight excluding hydrogens is 516 g/mol. The topological polar surface area (TPSA) is 79.3 Å². The van der Waals surface area contributed by atoms with Gasteiger partial charge < -0.3 is 24.6 Å². The summed E-state index contributed by atoms with van der Waals surface area (Å²) in [6.07, 6.45) is 1.34. The molecule has 0 unspecified atom stereocenters. The zero-order valence-electron chi connectivity index (χ0n) is 17.6. The maximum Gasteiger partial charge on any atom is 0.409 e. The van der Waals surface area contributed by atoms with Gasteiger partial charge in [-0.2, -0.15) is 0 Å². The normalized spacial score (nSPS) is 14.0. The molecule has 1 aliphatic rings. The summed E-state index contributed by atoms with van der Waals surface area (Å²) in [4.78, 5) is 24.2. The van der Waals surface area contributed by atoms with E-state index < -0.39 is 0 Å². The van der Waals surface area contributed by atoms with E-state index in [2.05, 4.69) is 20.2 Å². The molecule has 0 radical (unpaired) electrons. The molecule has 1 amide bonds. The average molecular weight is 543 g/mol. The lowest BCUT2D eigenvalue weighted by Gasteiger charge is -2.35. The Bertz CT molecular complexity index is 891. The Morgan fingerprint density at radius 2 is 1.94 bits per heavy atom. The molecule has 0 aliphatic carbocycles. The summed E-state index contributed by atoms with van der Waals surface area (Å²) in [5, 5.41) is 3.31. The fourth-order valence-electron chi connectivity index (χ4n) is 3.11. The van der Waals surface area contributed by atoms with Crippen molar-refractivity contribution < 1.29 is 18.7 Å². The summed E-state index contributed by atoms with van der Waals surface area (Å²) in [7, 11) is 1.72. The van der Waals surface area contributed by atoms with Crippen molar-refractivity contribution in [2.75, 3.05) is 39.8 Å². The van der Waals surface area contributed by atoms with E-state index in [9.17, 15) is 9.18 Å². The highest BCUT2D eigenvalue weighted by Gasteiger charge is 2.23. The highest BCUT2D eigenvalue weighted by Crippen LogP contribution is 2.23. The van der Waals surface area contributed by atoms with Crippen molar-refractivity contribution in [1.29, 1.82) is 0 Å². The first-order valence-electron chi connectivity index (χ1n) is 9.85. The third-order valence-electron chi connectivity index (χ3n) is 4.61. The second kappa shape index (κ2) is 12.3. The van der Waals surface area contributed by atoms with E-state index in [4.69, 9.17) is 9.47 Å². The van der Waals surface area contributed by atoms with Crippen LogP contribution >= 0.6 is 24.0 Å². The Kier molecular flexibility index (Phi) is 9.76. The quantitative estimate of drug-likeness (QED) is 0.354. The van der Waals surface area contributed by atoms with E-state index >= 15 is 0 Å². The van der Waals surface area contributed by atoms with Gasteiger partial charge >= 0.3 is 6.09 Å². The van der Waals surface area contributed by atoms with Gasteiger partial charge in [0.1, 0.15) is 11.6 Å². The first-order valence-corrected chi connectivity index (χ1v) is 9.85. The Balaban J connectivity index is 0.00000341. The number of aliphatic imine (C=N–C) groups is 1. The van der Waals surface area contributed by atoms with Crippen molar-refractivity contribution in [3.05, 3.63) is 54.0 Å². The predicted molar refractivity (Wildman–Crippen MR) is 126 cm³/mol. The number of nitrogens with zero attached hydrogens (tertiary/aromatic N) is 4. The number of rotatable bonds is 5. The van der Waals surface area contributed by atoms with Gasteiger partial charge in [0.15, 0.2) is 5.96 Å². The van der Waals surface area contributed by atoms with Gasteiger partial charge in [-0.25, -0.2) is 14.2 Å². The second-order valence-electron chi connectivity index (χ2n) is 6.60. The van der Waals surface area contributed by atoms with Crippen LogP contribution in [0, 0.1) is 5.82 Å². The minimum absolute atomic E-state index is 0. The maximum atomic E-state index is 13.4. The molecule has 2 aromatic rings. The highest BCUT2D eigenvalue weighted by atomic mass is 127. The summed E-state index contributed by atoms with van der Waals surface area (Å²) >= 11 is 0. The number of guanidine groups is 1. The molecule has 1 aromatic heterocycles. The summed E-state index contributed by atoms with van der Waals surface area (Å²) in [6.45, 7) is 5.04. The molecule has 3 rings (SSSR count). The Hall–Kier alpha value is -2.63. The van der Waals surface area contributed by atoms with Crippen molar-refractivity contribution in [2.45, 2.75) is 13.5 Å². The number of amides is 1. The Morgan fingerprint density at radius 1 is 1.19 bits per heavy atom. The van der Waals surface area contributed by atoms with Crippen molar-refractivity contribution in [2.24, 2.45) is 4.99 Å². The molecule has 8 nitrogen and oxygen atoms in total. The zero-order valence-corrected chi connectivity index (χ0v) is 19.9. The van der Waals surface area contributed by atoms with Crippen LogP contribution in [-0.2, 0) is 11.3 Å². The lowest BCUT2D eigenvalue weighted by atomic mass is 10.2. The molecule has 1 N–H and O–H groups in total. The number of aromatic nitrogens is 1. The van der Waals surface area contributed by atoms with Crippen LogP contribution in [0.15, 0.2) is 47.6 Å². The number of pyridine rings is 1. The summed E-state index contributed by atoms with van der Waals surface area (Å²) in [6, 6.07) is 9.64. The van der Waals surface area contributed by atoms with Gasteiger partial charge in [0.2, 0.25) is 5.88 Å². The fraction of sp³-hybridized carbons (Fsp3) is 0.381. The maximum absolute atomic E-state index is 13.4. The molecule has 1 saturated heterocycles. The molecule has 0 atom stereocenters. The monoisotopic (exact) mass is 543 g/mol. The summed E-state index contributed by atoms with van der Waals surface area (Å²) < 4.78 is 24.2. The van der Waals surface area contributed by atoms with Crippen LogP contribution in [0.1, 0.15) is 12.5 Å². The second-order valence-corrected chi connectivity index (χ2v) is 6.60. The molecule has 0 saturated carbocycles. The van der Waals surface area contributed by atoms with Gasteiger partial charge in [-0.1, -0.05) is 12.1 Å². The average Bonchev–Trinajstić information content (AvgIpc) is 2.76. The van der Waals surface area contributed by atoms with Gasteiger partial charge in [0, 0.05) is 57.6 Å². The van der Waals surface area contributed by atoms with Crippen molar-refractivity contribution >= 4 is 36.0 Å². The standard InChI is InChI=1S/C21H26FN5O3.HI/c1-3-29-21(28)27-12-10-26(11-13-27)20(23-2)25-15-16-6-5-9-24-19(16)30-18-8-4-7-17(22)14-18;/h4-9,14H,3,10-13,15H2,1-2H3,(H,23,25);1H. The van der Waals surface area contributed by atoms with Crippen LogP contribution in [0.4, 0.5) is 9.18 Å². The molecule has 1 aromatic carbocycles. The summed E-state index contributed by atoms with van der Waals surface area (Å²) in [5.74, 6) is 1.14. The van der Waals surface area contributed by atoms with E-state index in [0.717, 1.165) is 11.5 Å². The minimum atomic E-state index is -0.370. The number of carbonyl (C=O) groups excluding carboxylic acids is 1. The van der Waals surface area contributed by atoms with Crippen molar-refractivity contribution in [3.63, 3.8) is 0 Å². The number of nitrogens with one attached hydrogen (secondary N) is 1. The number of piperazine rings is 1. The van der Waals surface area contributed by atoms with E-state index in [-0.39, 0.29) is 35.9 Å². The molecular formula is C21H27FIN5O3. The molecule has 0 bridgehead atoms. The molecule has 168 valence electrons. The molecule has 10 heteroatoms. The van der Waals surface area contributed by atoms with Crippen molar-refractivity contribution in [3.8, 4) is 11.6 Å². The van der Waals surface area contributed by atoms with Crippen LogP contribution < -0.4 is 10.1 Å². The van der Waals surface area contributed by atoms with Crippen LogP contribution in [0.5, 0.6) is 11.6 Å². The number of hydrogen-bond acceptors (Lipinski definition) is 5. The molecule has 0 spiro atoms. The Morgan fingerprint density at radius 3 is 2.61 bits per heavy atom. The lowest BCUT2D eigenvalue weighted by molar-refractivity contribution is 0.0914. The first kappa shape index (κ1) is 24.6. The molecule has 31 heavy (non-hydrogen) atoms. The predicted octanol–water partition coefficient (Wildman–Crippen LogP) is 3.48. The number of benzene rings is 1. The SMILES string of the molecule is CCOC(=O)N1CCN(C(=NC)NCc2cccnc2Oc2cccc(F)c2)CC1.I.